The van der Waals surface area contributed by atoms with E-state index in [9.17, 15) is 19.4 Å². The molecule has 6 heteroatoms. The Morgan fingerprint density at radius 2 is 2.00 bits per heavy atom. The third-order valence-electron chi connectivity index (χ3n) is 4.79. The van der Waals surface area contributed by atoms with Crippen molar-refractivity contribution in [3.8, 4) is 0 Å². The van der Waals surface area contributed by atoms with Crippen molar-refractivity contribution >= 4 is 13.3 Å². The van der Waals surface area contributed by atoms with Gasteiger partial charge < -0.3 is 15.3 Å². The van der Waals surface area contributed by atoms with Crippen LogP contribution in [0.25, 0.3) is 0 Å². The molecule has 2 aliphatic rings. The Morgan fingerprint density at radius 3 is 2.58 bits per heavy atom. The van der Waals surface area contributed by atoms with E-state index < -0.39 is 18.5 Å². The van der Waals surface area contributed by atoms with Gasteiger partial charge in [0.2, 0.25) is 7.37 Å². The van der Waals surface area contributed by atoms with E-state index in [0.717, 1.165) is 38.8 Å². The predicted molar refractivity (Wildman–Crippen MR) is 73.7 cm³/mol. The summed E-state index contributed by atoms with van der Waals surface area (Å²) in [4.78, 5) is 21.8. The molecular weight excluding hydrogens is 265 g/mol. The average Bonchev–Trinajstić information content (AvgIpc) is 2.38. The standard InChI is InChI=1S/C13H24NO4P/c15-12(16)13(6-1-2-10-19(13,17)18)7-3-11-4-8-14-9-5-11/h11,14H,1-10H2,(H,15,16)(H,17,18). The number of carbonyl (C=O) groups is 1. The first-order valence-corrected chi connectivity index (χ1v) is 9.08. The van der Waals surface area contributed by atoms with Crippen molar-refractivity contribution in [3.05, 3.63) is 0 Å². The van der Waals surface area contributed by atoms with Crippen molar-refractivity contribution in [2.75, 3.05) is 19.3 Å². The Bertz CT molecular complexity index is 381. The molecule has 0 spiro atoms. The molecule has 2 saturated heterocycles. The smallest absolute Gasteiger partial charge is 0.319 e. The van der Waals surface area contributed by atoms with E-state index in [0.29, 0.717) is 25.2 Å². The van der Waals surface area contributed by atoms with Gasteiger partial charge in [-0.15, -0.1) is 0 Å². The molecule has 2 aliphatic heterocycles. The molecule has 2 unspecified atom stereocenters. The van der Waals surface area contributed by atoms with E-state index in [1.165, 1.54) is 0 Å². The third kappa shape index (κ3) is 3.04. The highest BCUT2D eigenvalue weighted by Crippen LogP contribution is 2.62. The summed E-state index contributed by atoms with van der Waals surface area (Å²) in [7, 11) is -3.57. The Balaban J connectivity index is 2.06. The molecular formula is C13H24NO4P. The molecule has 2 heterocycles. The van der Waals surface area contributed by atoms with Crippen LogP contribution >= 0.6 is 7.37 Å². The fourth-order valence-corrected chi connectivity index (χ4v) is 5.77. The van der Waals surface area contributed by atoms with E-state index in [1.54, 1.807) is 0 Å². The van der Waals surface area contributed by atoms with Crippen LogP contribution in [0.5, 0.6) is 0 Å². The lowest BCUT2D eigenvalue weighted by Gasteiger charge is -2.38. The second-order valence-corrected chi connectivity index (χ2v) is 8.66. The van der Waals surface area contributed by atoms with Crippen LogP contribution in [0, 0.1) is 5.92 Å². The van der Waals surface area contributed by atoms with Crippen LogP contribution in [0.15, 0.2) is 0 Å². The maximum Gasteiger partial charge on any atom is 0.319 e. The molecule has 2 fully saturated rings. The van der Waals surface area contributed by atoms with Gasteiger partial charge in [-0.05, 0) is 57.5 Å². The zero-order valence-electron chi connectivity index (χ0n) is 11.3. The van der Waals surface area contributed by atoms with E-state index in [1.807, 2.05) is 0 Å². The minimum Gasteiger partial charge on any atom is -0.480 e. The number of hydrogen-bond acceptors (Lipinski definition) is 3. The van der Waals surface area contributed by atoms with Gasteiger partial charge in [0.05, 0.1) is 0 Å². The number of hydrogen-bond donors (Lipinski definition) is 3. The highest BCUT2D eigenvalue weighted by atomic mass is 31.2. The van der Waals surface area contributed by atoms with Gasteiger partial charge in [-0.1, -0.05) is 6.42 Å². The van der Waals surface area contributed by atoms with Crippen molar-refractivity contribution in [2.45, 2.75) is 50.1 Å². The van der Waals surface area contributed by atoms with E-state index in [4.69, 9.17) is 0 Å². The van der Waals surface area contributed by atoms with Crippen LogP contribution < -0.4 is 5.32 Å². The lowest BCUT2D eigenvalue weighted by Crippen LogP contribution is -2.42. The van der Waals surface area contributed by atoms with Crippen LogP contribution in [-0.2, 0) is 9.36 Å². The highest BCUT2D eigenvalue weighted by Gasteiger charge is 2.54. The summed E-state index contributed by atoms with van der Waals surface area (Å²) in [6, 6.07) is 0. The van der Waals surface area contributed by atoms with Crippen molar-refractivity contribution in [2.24, 2.45) is 5.92 Å². The molecule has 5 nitrogen and oxygen atoms in total. The number of carboxylic acids is 1. The van der Waals surface area contributed by atoms with Crippen LogP contribution in [0.2, 0.25) is 0 Å². The van der Waals surface area contributed by atoms with Gasteiger partial charge in [0.1, 0.15) is 5.16 Å². The van der Waals surface area contributed by atoms with E-state index >= 15 is 0 Å². The minimum atomic E-state index is -3.57. The van der Waals surface area contributed by atoms with Crippen molar-refractivity contribution in [1.82, 2.24) is 5.32 Å². The van der Waals surface area contributed by atoms with Gasteiger partial charge in [-0.3, -0.25) is 9.36 Å². The number of aliphatic carboxylic acids is 1. The molecule has 2 atom stereocenters. The second-order valence-electron chi connectivity index (χ2n) is 5.95. The zero-order chi connectivity index (χ0) is 13.9. The van der Waals surface area contributed by atoms with Crippen LogP contribution in [-0.4, -0.2) is 40.4 Å². The SMILES string of the molecule is O=C(O)C1(CCC2CCNCC2)CCCCP1(=O)O. The molecule has 0 aliphatic carbocycles. The molecule has 0 saturated carbocycles. The quantitative estimate of drug-likeness (QED) is 0.689. The van der Waals surface area contributed by atoms with E-state index in [2.05, 4.69) is 5.32 Å². The zero-order valence-corrected chi connectivity index (χ0v) is 12.2. The first-order valence-electron chi connectivity index (χ1n) is 7.24. The molecule has 19 heavy (non-hydrogen) atoms. The summed E-state index contributed by atoms with van der Waals surface area (Å²) in [6.45, 7) is 1.95. The Kier molecular flexibility index (Phi) is 4.70. The monoisotopic (exact) mass is 289 g/mol. The van der Waals surface area contributed by atoms with Crippen LogP contribution in [0.4, 0.5) is 0 Å². The summed E-state index contributed by atoms with van der Waals surface area (Å²) in [5.74, 6) is -0.564. The second kappa shape index (κ2) is 5.94. The Morgan fingerprint density at radius 1 is 1.32 bits per heavy atom. The van der Waals surface area contributed by atoms with Gasteiger partial charge >= 0.3 is 5.97 Å². The van der Waals surface area contributed by atoms with Gasteiger partial charge in [-0.2, -0.15) is 0 Å². The topological polar surface area (TPSA) is 86.6 Å². The van der Waals surface area contributed by atoms with Gasteiger partial charge in [0, 0.05) is 6.16 Å². The van der Waals surface area contributed by atoms with Gasteiger partial charge in [-0.25, -0.2) is 0 Å². The summed E-state index contributed by atoms with van der Waals surface area (Å²) < 4.78 is 12.4. The predicted octanol–water partition coefficient (Wildman–Crippen LogP) is 2.04. The van der Waals surface area contributed by atoms with Crippen molar-refractivity contribution in [1.29, 1.82) is 0 Å². The third-order valence-corrected chi connectivity index (χ3v) is 7.69. The van der Waals surface area contributed by atoms with Crippen LogP contribution in [0.1, 0.15) is 44.9 Å². The molecule has 0 aromatic carbocycles. The minimum absolute atomic E-state index is 0.172. The van der Waals surface area contributed by atoms with Gasteiger partial charge in [0.15, 0.2) is 0 Å². The summed E-state index contributed by atoms with van der Waals surface area (Å²) in [5, 5.41) is 11.4. The molecule has 2 rings (SSSR count). The molecule has 0 bridgehead atoms. The highest BCUT2D eigenvalue weighted by molar-refractivity contribution is 7.60. The average molecular weight is 289 g/mol. The van der Waals surface area contributed by atoms with Gasteiger partial charge in [0.25, 0.3) is 0 Å². The first-order chi connectivity index (χ1) is 8.98. The number of carboxylic acid groups (broad SMARTS) is 1. The lowest BCUT2D eigenvalue weighted by molar-refractivity contribution is -0.141. The molecule has 0 aromatic heterocycles. The van der Waals surface area contributed by atoms with Crippen molar-refractivity contribution in [3.63, 3.8) is 0 Å². The largest absolute Gasteiger partial charge is 0.480 e. The number of nitrogens with one attached hydrogen (secondary N) is 1. The summed E-state index contributed by atoms with van der Waals surface area (Å²) in [5.41, 5.74) is 0. The Labute approximate surface area is 114 Å². The number of piperidine rings is 1. The molecule has 3 N–H and O–H groups in total. The fourth-order valence-electron chi connectivity index (χ4n) is 3.41. The maximum absolute atomic E-state index is 12.4. The lowest BCUT2D eigenvalue weighted by atomic mass is 9.87. The summed E-state index contributed by atoms with van der Waals surface area (Å²) >= 11 is 0. The Hall–Kier alpha value is -0.380. The molecule has 0 amide bonds. The fraction of sp³-hybridized carbons (Fsp3) is 0.923. The first kappa shape index (κ1) is 15.0. The van der Waals surface area contributed by atoms with Crippen molar-refractivity contribution < 1.29 is 19.4 Å². The molecule has 0 radical (unpaired) electrons. The maximum atomic E-state index is 12.4. The van der Waals surface area contributed by atoms with Crippen LogP contribution in [0.3, 0.4) is 0 Å². The molecule has 0 aromatic rings. The van der Waals surface area contributed by atoms with E-state index in [-0.39, 0.29) is 6.16 Å². The molecule has 110 valence electrons. The number of rotatable bonds is 4. The summed E-state index contributed by atoms with van der Waals surface area (Å²) in [6.07, 6.45) is 5.18. The normalized spacial score (nSPS) is 37.1.